The smallest absolute Gasteiger partial charge is 0.241 e. The van der Waals surface area contributed by atoms with Gasteiger partial charge in [0.25, 0.3) is 0 Å². The van der Waals surface area contributed by atoms with Gasteiger partial charge in [-0.2, -0.15) is 5.26 Å². The van der Waals surface area contributed by atoms with Crippen LogP contribution in [0.5, 0.6) is 0 Å². The number of rotatable bonds is 5. The van der Waals surface area contributed by atoms with Crippen LogP contribution in [0.4, 0.5) is 5.69 Å². The van der Waals surface area contributed by atoms with E-state index in [1.807, 2.05) is 61.5 Å². The van der Waals surface area contributed by atoms with Crippen molar-refractivity contribution in [2.75, 3.05) is 11.1 Å². The van der Waals surface area contributed by atoms with Crippen LogP contribution in [0.15, 0.2) is 54.6 Å². The molecule has 0 aliphatic carbocycles. The van der Waals surface area contributed by atoms with Crippen LogP contribution in [0.25, 0.3) is 0 Å². The number of carbonyl (C=O) groups is 2. The monoisotopic (exact) mass is 380 g/mol. The summed E-state index contributed by atoms with van der Waals surface area (Å²) < 4.78 is 0. The summed E-state index contributed by atoms with van der Waals surface area (Å²) in [7, 11) is 0. The van der Waals surface area contributed by atoms with Crippen LogP contribution < -0.4 is 16.0 Å². The maximum absolute atomic E-state index is 12.3. The topological polar surface area (TPSA) is 94.0 Å². The summed E-state index contributed by atoms with van der Waals surface area (Å²) in [6.07, 6.45) is 0. The van der Waals surface area contributed by atoms with Gasteiger partial charge in [-0.15, -0.1) is 11.8 Å². The van der Waals surface area contributed by atoms with Crippen molar-refractivity contribution in [1.82, 2.24) is 10.6 Å². The van der Waals surface area contributed by atoms with Gasteiger partial charge in [0, 0.05) is 5.69 Å². The first-order valence-corrected chi connectivity index (χ1v) is 9.61. The predicted molar refractivity (Wildman–Crippen MR) is 106 cm³/mol. The summed E-state index contributed by atoms with van der Waals surface area (Å²) in [5, 5.41) is 18.2. The Kier molecular flexibility index (Phi) is 6.12. The maximum Gasteiger partial charge on any atom is 0.241 e. The summed E-state index contributed by atoms with van der Waals surface area (Å²) >= 11 is 1.28. The van der Waals surface area contributed by atoms with E-state index in [4.69, 9.17) is 0 Å². The molecule has 7 heteroatoms. The number of nitrogens with zero attached hydrogens (tertiary/aromatic N) is 1. The van der Waals surface area contributed by atoms with Crippen LogP contribution in [0.3, 0.4) is 0 Å². The Morgan fingerprint density at radius 2 is 1.89 bits per heavy atom. The van der Waals surface area contributed by atoms with E-state index in [0.717, 1.165) is 16.8 Å². The van der Waals surface area contributed by atoms with Crippen molar-refractivity contribution >= 4 is 29.3 Å². The highest BCUT2D eigenvalue weighted by molar-refractivity contribution is 8.00. The summed E-state index contributed by atoms with van der Waals surface area (Å²) in [4.78, 5) is 24.5. The van der Waals surface area contributed by atoms with Gasteiger partial charge in [0.05, 0.1) is 17.9 Å². The van der Waals surface area contributed by atoms with Crippen LogP contribution in [0.2, 0.25) is 0 Å². The maximum atomic E-state index is 12.3. The molecule has 0 radical (unpaired) electrons. The number of hydrogen-bond donors (Lipinski definition) is 3. The lowest BCUT2D eigenvalue weighted by Gasteiger charge is -2.34. The van der Waals surface area contributed by atoms with Crippen molar-refractivity contribution in [3.05, 3.63) is 65.7 Å². The number of aryl methyl sites for hydroxylation is 1. The number of carbonyl (C=O) groups excluding carboxylic acids is 2. The molecule has 27 heavy (non-hydrogen) atoms. The lowest BCUT2D eigenvalue weighted by atomic mass is 9.92. The first-order chi connectivity index (χ1) is 13.1. The second-order valence-corrected chi connectivity index (χ2v) is 7.37. The minimum Gasteiger partial charge on any atom is -0.331 e. The van der Waals surface area contributed by atoms with Crippen molar-refractivity contribution in [2.24, 2.45) is 5.92 Å². The highest BCUT2D eigenvalue weighted by Gasteiger charge is 2.37. The molecule has 0 saturated carbocycles. The molecule has 3 atom stereocenters. The normalized spacial score (nSPS) is 21.8. The Hall–Kier alpha value is -2.82. The lowest BCUT2D eigenvalue weighted by molar-refractivity contribution is -0.126. The number of nitriles is 1. The fourth-order valence-corrected chi connectivity index (χ4v) is 3.67. The minimum atomic E-state index is -0.814. The quantitative estimate of drug-likeness (QED) is 0.741. The predicted octanol–water partition coefficient (Wildman–Crippen LogP) is 2.55. The van der Waals surface area contributed by atoms with Gasteiger partial charge in [0.15, 0.2) is 0 Å². The number of amides is 2. The van der Waals surface area contributed by atoms with E-state index in [1.165, 1.54) is 11.8 Å². The van der Waals surface area contributed by atoms with Crippen LogP contribution in [0, 0.1) is 24.2 Å². The fraction of sp³-hybridized carbons (Fsp3) is 0.250. The fourth-order valence-electron chi connectivity index (χ4n) is 2.84. The molecule has 138 valence electrons. The van der Waals surface area contributed by atoms with Crippen LogP contribution in [-0.2, 0) is 9.59 Å². The van der Waals surface area contributed by atoms with Crippen molar-refractivity contribution in [3.8, 4) is 6.07 Å². The van der Waals surface area contributed by atoms with Crippen molar-refractivity contribution in [3.63, 3.8) is 0 Å². The standard InChI is InChI=1S/C20H20N4O2S/c1-13-7-9-15(10-8-13)22-17(25)12-27-20-23-18(14-5-3-2-4-6-14)16(11-21)19(26)24-20/h2-10,16,18,20,23H,12H2,1H3,(H,22,25)(H,24,26). The molecule has 2 amide bonds. The first kappa shape index (κ1) is 19.0. The van der Waals surface area contributed by atoms with E-state index in [2.05, 4.69) is 22.0 Å². The van der Waals surface area contributed by atoms with Gasteiger partial charge in [-0.1, -0.05) is 48.0 Å². The van der Waals surface area contributed by atoms with Crippen molar-refractivity contribution < 1.29 is 9.59 Å². The molecule has 1 fully saturated rings. The Morgan fingerprint density at radius 3 is 2.56 bits per heavy atom. The third-order valence-electron chi connectivity index (χ3n) is 4.23. The molecule has 1 aliphatic heterocycles. The van der Waals surface area contributed by atoms with Crippen LogP contribution >= 0.6 is 11.8 Å². The summed E-state index contributed by atoms with van der Waals surface area (Å²) in [5.41, 5.74) is 2.28. The molecule has 0 spiro atoms. The van der Waals surface area contributed by atoms with Crippen LogP contribution in [0.1, 0.15) is 17.2 Å². The van der Waals surface area contributed by atoms with Gasteiger partial charge in [-0.05, 0) is 24.6 Å². The molecule has 3 N–H and O–H groups in total. The molecule has 1 heterocycles. The second kappa shape index (κ2) is 8.71. The van der Waals surface area contributed by atoms with Gasteiger partial charge in [0.2, 0.25) is 11.8 Å². The highest BCUT2D eigenvalue weighted by atomic mass is 32.2. The van der Waals surface area contributed by atoms with Crippen molar-refractivity contribution in [2.45, 2.75) is 18.5 Å². The van der Waals surface area contributed by atoms with Gasteiger partial charge in [0.1, 0.15) is 11.4 Å². The Balaban J connectivity index is 1.60. The molecule has 1 aliphatic rings. The largest absolute Gasteiger partial charge is 0.331 e. The number of nitrogens with one attached hydrogen (secondary N) is 3. The van der Waals surface area contributed by atoms with Crippen LogP contribution in [-0.4, -0.2) is 23.1 Å². The summed E-state index contributed by atoms with van der Waals surface area (Å²) in [6.45, 7) is 1.98. The van der Waals surface area contributed by atoms with E-state index in [0.29, 0.717) is 0 Å². The zero-order chi connectivity index (χ0) is 19.2. The lowest BCUT2D eigenvalue weighted by Crippen LogP contribution is -2.56. The van der Waals surface area contributed by atoms with E-state index in [9.17, 15) is 14.9 Å². The molecule has 2 aromatic carbocycles. The second-order valence-electron chi connectivity index (χ2n) is 6.28. The zero-order valence-electron chi connectivity index (χ0n) is 14.8. The van der Waals surface area contributed by atoms with Gasteiger partial charge >= 0.3 is 0 Å². The van der Waals surface area contributed by atoms with E-state index >= 15 is 0 Å². The zero-order valence-corrected chi connectivity index (χ0v) is 15.6. The SMILES string of the molecule is Cc1ccc(NC(=O)CSC2NC(=O)C(C#N)C(c3ccccc3)N2)cc1. The van der Waals surface area contributed by atoms with E-state index in [1.54, 1.807) is 0 Å². The van der Waals surface area contributed by atoms with Gasteiger partial charge < -0.3 is 10.6 Å². The highest BCUT2D eigenvalue weighted by Crippen LogP contribution is 2.27. The molecule has 0 bridgehead atoms. The van der Waals surface area contributed by atoms with E-state index in [-0.39, 0.29) is 17.6 Å². The summed E-state index contributed by atoms with van der Waals surface area (Å²) in [6, 6.07) is 18.6. The Labute approximate surface area is 162 Å². The average molecular weight is 380 g/mol. The number of benzene rings is 2. The first-order valence-electron chi connectivity index (χ1n) is 8.56. The molecule has 3 unspecified atom stereocenters. The molecule has 2 aromatic rings. The molecule has 0 aromatic heterocycles. The third-order valence-corrected chi connectivity index (χ3v) is 5.25. The molecule has 1 saturated heterocycles. The third kappa shape index (κ3) is 4.88. The molecular formula is C20H20N4O2S. The molecular weight excluding hydrogens is 360 g/mol. The number of hydrogen-bond acceptors (Lipinski definition) is 5. The summed E-state index contributed by atoms with van der Waals surface area (Å²) in [5.74, 6) is -1.13. The minimum absolute atomic E-state index is 0.154. The average Bonchev–Trinajstić information content (AvgIpc) is 2.68. The van der Waals surface area contributed by atoms with E-state index < -0.39 is 17.5 Å². The molecule has 6 nitrogen and oxygen atoms in total. The number of anilines is 1. The van der Waals surface area contributed by atoms with Crippen molar-refractivity contribution in [1.29, 1.82) is 5.26 Å². The Bertz CT molecular complexity index is 849. The van der Waals surface area contributed by atoms with Gasteiger partial charge in [-0.3, -0.25) is 14.9 Å². The Morgan fingerprint density at radius 1 is 1.19 bits per heavy atom. The number of thioether (sulfide) groups is 1. The van der Waals surface area contributed by atoms with Gasteiger partial charge in [-0.25, -0.2) is 0 Å². The molecule has 3 rings (SSSR count).